The highest BCUT2D eigenvalue weighted by Gasteiger charge is 2.11. The number of anilines is 2. The number of hydrogen-bond acceptors (Lipinski definition) is 4. The fraction of sp³-hybridized carbons (Fsp3) is 0.692. The van der Waals surface area contributed by atoms with Crippen LogP contribution in [0.5, 0.6) is 0 Å². The van der Waals surface area contributed by atoms with E-state index >= 15 is 0 Å². The normalized spacial score (nSPS) is 12.8. The second-order valence-electron chi connectivity index (χ2n) is 4.99. The van der Waals surface area contributed by atoms with Crippen molar-refractivity contribution in [3.05, 3.63) is 11.4 Å². The molecule has 3 N–H and O–H groups in total. The van der Waals surface area contributed by atoms with Gasteiger partial charge in [0.05, 0.1) is 0 Å². The van der Waals surface area contributed by atoms with Gasteiger partial charge in [0.15, 0.2) is 0 Å². The van der Waals surface area contributed by atoms with Crippen LogP contribution in [0.1, 0.15) is 51.4 Å². The monoisotopic (exact) mass is 236 g/mol. The molecule has 0 aromatic carbocycles. The van der Waals surface area contributed by atoms with Gasteiger partial charge in [-0.3, -0.25) is 0 Å². The maximum absolute atomic E-state index is 5.91. The molecule has 0 bridgehead atoms. The van der Waals surface area contributed by atoms with Gasteiger partial charge < -0.3 is 11.1 Å². The van der Waals surface area contributed by atoms with E-state index in [1.54, 1.807) is 0 Å². The highest BCUT2D eigenvalue weighted by Crippen LogP contribution is 2.21. The van der Waals surface area contributed by atoms with E-state index < -0.39 is 0 Å². The summed E-state index contributed by atoms with van der Waals surface area (Å²) in [7, 11) is 0. The second kappa shape index (κ2) is 5.84. The van der Waals surface area contributed by atoms with Crippen molar-refractivity contribution in [3.8, 4) is 0 Å². The summed E-state index contributed by atoms with van der Waals surface area (Å²) in [6.07, 6.45) is 1.16. The smallest absolute Gasteiger partial charge is 0.135 e. The molecule has 1 atom stereocenters. The lowest BCUT2D eigenvalue weighted by atomic mass is 10.1. The van der Waals surface area contributed by atoms with Crippen LogP contribution in [0.4, 0.5) is 11.6 Å². The zero-order chi connectivity index (χ0) is 13.0. The third-order valence-corrected chi connectivity index (χ3v) is 3.03. The molecule has 4 nitrogen and oxygen atoms in total. The van der Waals surface area contributed by atoms with Crippen molar-refractivity contribution < 1.29 is 0 Å². The molecule has 0 spiro atoms. The first-order valence-electron chi connectivity index (χ1n) is 6.33. The molecule has 0 fully saturated rings. The molecule has 0 aliphatic rings. The van der Waals surface area contributed by atoms with Gasteiger partial charge in [-0.15, -0.1) is 0 Å². The number of hydrogen-bond donors (Lipinski definition) is 2. The molecule has 4 heteroatoms. The number of nitrogens with two attached hydrogens (primary N) is 1. The van der Waals surface area contributed by atoms with E-state index in [2.05, 4.69) is 43.0 Å². The Kier molecular flexibility index (Phi) is 4.73. The van der Waals surface area contributed by atoms with Crippen molar-refractivity contribution in [2.24, 2.45) is 5.92 Å². The maximum Gasteiger partial charge on any atom is 0.135 e. The third-order valence-electron chi connectivity index (χ3n) is 3.03. The summed E-state index contributed by atoms with van der Waals surface area (Å²) in [6, 6.07) is 0. The van der Waals surface area contributed by atoms with Crippen LogP contribution in [0.3, 0.4) is 0 Å². The quantitative estimate of drug-likeness (QED) is 0.825. The summed E-state index contributed by atoms with van der Waals surface area (Å²) < 4.78 is 0. The van der Waals surface area contributed by atoms with E-state index in [4.69, 9.17) is 5.73 Å². The van der Waals surface area contributed by atoms with Crippen molar-refractivity contribution in [2.75, 3.05) is 17.6 Å². The number of aromatic nitrogens is 2. The van der Waals surface area contributed by atoms with Crippen molar-refractivity contribution in [3.63, 3.8) is 0 Å². The largest absolute Gasteiger partial charge is 0.383 e. The van der Waals surface area contributed by atoms with Crippen LogP contribution in [0.2, 0.25) is 0 Å². The van der Waals surface area contributed by atoms with Crippen molar-refractivity contribution >= 4 is 11.6 Å². The van der Waals surface area contributed by atoms with Crippen molar-refractivity contribution in [2.45, 2.75) is 47.0 Å². The van der Waals surface area contributed by atoms with E-state index in [-0.39, 0.29) is 0 Å². The molecule has 0 aliphatic carbocycles. The summed E-state index contributed by atoms with van der Waals surface area (Å²) in [6.45, 7) is 11.4. The number of rotatable bonds is 5. The zero-order valence-corrected chi connectivity index (χ0v) is 11.5. The SMILES string of the molecule is CCC(C)CNc1nc(C(C)C)nc(N)c1C. The van der Waals surface area contributed by atoms with E-state index in [9.17, 15) is 0 Å². The fourth-order valence-electron chi connectivity index (χ4n) is 1.40. The summed E-state index contributed by atoms with van der Waals surface area (Å²) in [4.78, 5) is 8.84. The first-order chi connectivity index (χ1) is 7.95. The average molecular weight is 236 g/mol. The van der Waals surface area contributed by atoms with Crippen LogP contribution in [0.15, 0.2) is 0 Å². The molecular formula is C13H24N4. The predicted octanol–water partition coefficient (Wildman–Crippen LogP) is 2.95. The maximum atomic E-state index is 5.91. The number of nitrogens with one attached hydrogen (secondary N) is 1. The predicted molar refractivity (Wildman–Crippen MR) is 73.2 cm³/mol. The topological polar surface area (TPSA) is 63.8 Å². The Morgan fingerprint density at radius 3 is 2.41 bits per heavy atom. The van der Waals surface area contributed by atoms with Gasteiger partial charge >= 0.3 is 0 Å². The van der Waals surface area contributed by atoms with Gasteiger partial charge in [-0.05, 0) is 12.8 Å². The van der Waals surface area contributed by atoms with Gasteiger partial charge in [-0.2, -0.15) is 0 Å². The van der Waals surface area contributed by atoms with Crippen molar-refractivity contribution in [1.29, 1.82) is 0 Å². The Labute approximate surface area is 104 Å². The number of nitrogens with zero attached hydrogens (tertiary/aromatic N) is 2. The van der Waals surface area contributed by atoms with Crippen LogP contribution in [-0.4, -0.2) is 16.5 Å². The Bertz CT molecular complexity index is 374. The summed E-state index contributed by atoms with van der Waals surface area (Å²) in [5.74, 6) is 3.19. The molecule has 1 aromatic rings. The highest BCUT2D eigenvalue weighted by atomic mass is 15.1. The first-order valence-corrected chi connectivity index (χ1v) is 6.33. The Balaban J connectivity index is 2.90. The lowest BCUT2D eigenvalue weighted by Gasteiger charge is -2.15. The molecule has 96 valence electrons. The average Bonchev–Trinajstić information content (AvgIpc) is 2.30. The molecule has 0 radical (unpaired) electrons. The lowest BCUT2D eigenvalue weighted by molar-refractivity contribution is 0.591. The third kappa shape index (κ3) is 3.58. The molecule has 0 amide bonds. The molecule has 0 aliphatic heterocycles. The standard InChI is InChI=1S/C13H24N4/c1-6-9(4)7-15-13-10(5)11(14)16-12(17-13)8(2)3/h8-9H,6-7H2,1-5H3,(H3,14,15,16,17). The minimum absolute atomic E-state index is 0.294. The van der Waals surface area contributed by atoms with Gasteiger partial charge in [0, 0.05) is 18.0 Å². The molecule has 1 unspecified atom stereocenters. The van der Waals surface area contributed by atoms with Gasteiger partial charge in [-0.25, -0.2) is 9.97 Å². The molecule has 1 heterocycles. The minimum Gasteiger partial charge on any atom is -0.383 e. The molecular weight excluding hydrogens is 212 g/mol. The van der Waals surface area contributed by atoms with Crippen LogP contribution in [-0.2, 0) is 0 Å². The molecule has 0 saturated heterocycles. The van der Waals surface area contributed by atoms with Gasteiger partial charge in [0.2, 0.25) is 0 Å². The second-order valence-corrected chi connectivity index (χ2v) is 4.99. The number of nitrogen functional groups attached to an aromatic ring is 1. The Hall–Kier alpha value is -1.32. The van der Waals surface area contributed by atoms with E-state index in [0.717, 1.165) is 30.2 Å². The van der Waals surface area contributed by atoms with Crippen molar-refractivity contribution in [1.82, 2.24) is 9.97 Å². The molecule has 17 heavy (non-hydrogen) atoms. The van der Waals surface area contributed by atoms with Crippen LogP contribution >= 0.6 is 0 Å². The van der Waals surface area contributed by atoms with E-state index in [1.807, 2.05) is 6.92 Å². The Morgan fingerprint density at radius 1 is 1.24 bits per heavy atom. The molecule has 1 aromatic heterocycles. The van der Waals surface area contributed by atoms with Gasteiger partial charge in [0.1, 0.15) is 17.5 Å². The Morgan fingerprint density at radius 2 is 1.88 bits per heavy atom. The zero-order valence-electron chi connectivity index (χ0n) is 11.5. The lowest BCUT2D eigenvalue weighted by Crippen LogP contribution is -2.15. The summed E-state index contributed by atoms with van der Waals surface area (Å²) >= 11 is 0. The summed E-state index contributed by atoms with van der Waals surface area (Å²) in [5.41, 5.74) is 6.85. The first kappa shape index (κ1) is 13.7. The molecule has 0 saturated carbocycles. The van der Waals surface area contributed by atoms with Gasteiger partial charge in [-0.1, -0.05) is 34.1 Å². The minimum atomic E-state index is 0.294. The fourth-order valence-corrected chi connectivity index (χ4v) is 1.40. The van der Waals surface area contributed by atoms with Crippen LogP contribution < -0.4 is 11.1 Å². The van der Waals surface area contributed by atoms with Crippen LogP contribution in [0, 0.1) is 12.8 Å². The molecule has 1 rings (SSSR count). The van der Waals surface area contributed by atoms with E-state index in [0.29, 0.717) is 17.7 Å². The highest BCUT2D eigenvalue weighted by molar-refractivity contribution is 5.54. The summed E-state index contributed by atoms with van der Waals surface area (Å²) in [5, 5.41) is 3.37. The van der Waals surface area contributed by atoms with Crippen LogP contribution in [0.25, 0.3) is 0 Å². The van der Waals surface area contributed by atoms with E-state index in [1.165, 1.54) is 0 Å². The van der Waals surface area contributed by atoms with Gasteiger partial charge in [0.25, 0.3) is 0 Å².